The highest BCUT2D eigenvalue weighted by Crippen LogP contribution is 2.31. The molecule has 2 fully saturated rings. The summed E-state index contributed by atoms with van der Waals surface area (Å²) in [7, 11) is 0. The zero-order valence-electron chi connectivity index (χ0n) is 12.4. The van der Waals surface area contributed by atoms with Crippen LogP contribution in [-0.4, -0.2) is 41.9 Å². The van der Waals surface area contributed by atoms with E-state index in [2.05, 4.69) is 28.9 Å². The van der Waals surface area contributed by atoms with Gasteiger partial charge in [0.15, 0.2) is 0 Å². The normalized spacial score (nSPS) is 22.4. The number of amides is 1. The van der Waals surface area contributed by atoms with E-state index in [1.165, 1.54) is 31.5 Å². The van der Waals surface area contributed by atoms with Gasteiger partial charge in [-0.25, -0.2) is 0 Å². The fraction of sp³-hybridized carbons (Fsp3) is 0.500. The molecule has 3 rings (SSSR count). The number of hydrogen-bond donors (Lipinski definition) is 0. The van der Waals surface area contributed by atoms with Crippen LogP contribution < -0.4 is 0 Å². The highest BCUT2D eigenvalue weighted by atomic mass is 16.2. The van der Waals surface area contributed by atoms with Gasteiger partial charge in [-0.1, -0.05) is 42.2 Å². The topological polar surface area (TPSA) is 23.6 Å². The average Bonchev–Trinajstić information content (AvgIpc) is 3.15. The first kappa shape index (κ1) is 14.2. The van der Waals surface area contributed by atoms with Gasteiger partial charge < -0.3 is 4.90 Å². The van der Waals surface area contributed by atoms with Gasteiger partial charge in [-0.3, -0.25) is 9.69 Å². The molecule has 1 atom stereocenters. The maximum atomic E-state index is 12.1. The Morgan fingerprint density at radius 2 is 1.76 bits per heavy atom. The third-order valence-electron chi connectivity index (χ3n) is 4.39. The SMILES string of the molecule is O=C1CCC(c2ccccc2)N1CC#CCN1CCCC1. The molecule has 21 heavy (non-hydrogen) atoms. The quantitative estimate of drug-likeness (QED) is 0.795. The Morgan fingerprint density at radius 1 is 1.05 bits per heavy atom. The van der Waals surface area contributed by atoms with Crippen molar-refractivity contribution in [3.8, 4) is 11.8 Å². The van der Waals surface area contributed by atoms with E-state index >= 15 is 0 Å². The minimum atomic E-state index is 0.208. The number of carbonyl (C=O) groups excluding carboxylic acids is 1. The van der Waals surface area contributed by atoms with E-state index in [9.17, 15) is 4.79 Å². The molecule has 0 N–H and O–H groups in total. The van der Waals surface area contributed by atoms with Crippen molar-refractivity contribution in [2.75, 3.05) is 26.2 Å². The van der Waals surface area contributed by atoms with E-state index in [1.807, 2.05) is 23.1 Å². The molecule has 0 radical (unpaired) electrons. The van der Waals surface area contributed by atoms with Crippen LogP contribution in [0.5, 0.6) is 0 Å². The van der Waals surface area contributed by atoms with Gasteiger partial charge in [0.2, 0.25) is 5.91 Å². The molecule has 1 aromatic carbocycles. The zero-order valence-corrected chi connectivity index (χ0v) is 12.4. The van der Waals surface area contributed by atoms with Gasteiger partial charge in [-0.15, -0.1) is 0 Å². The van der Waals surface area contributed by atoms with Crippen molar-refractivity contribution >= 4 is 5.91 Å². The Kier molecular flexibility index (Phi) is 4.57. The van der Waals surface area contributed by atoms with Crippen LogP contribution in [0.3, 0.4) is 0 Å². The van der Waals surface area contributed by atoms with Gasteiger partial charge in [0.25, 0.3) is 0 Å². The minimum absolute atomic E-state index is 0.208. The predicted molar refractivity (Wildman–Crippen MR) is 83.6 cm³/mol. The van der Waals surface area contributed by atoms with Gasteiger partial charge in [0.05, 0.1) is 19.1 Å². The maximum absolute atomic E-state index is 12.1. The molecule has 0 aliphatic carbocycles. The predicted octanol–water partition coefficient (Wildman–Crippen LogP) is 2.45. The van der Waals surface area contributed by atoms with E-state index in [1.54, 1.807) is 0 Å². The molecule has 3 nitrogen and oxygen atoms in total. The van der Waals surface area contributed by atoms with E-state index in [-0.39, 0.29) is 11.9 Å². The Balaban J connectivity index is 1.59. The molecular weight excluding hydrogens is 260 g/mol. The van der Waals surface area contributed by atoms with Crippen LogP contribution in [0.2, 0.25) is 0 Å². The number of carbonyl (C=O) groups is 1. The average molecular weight is 282 g/mol. The fourth-order valence-corrected chi connectivity index (χ4v) is 3.20. The van der Waals surface area contributed by atoms with Crippen LogP contribution in [0.15, 0.2) is 30.3 Å². The molecule has 0 aromatic heterocycles. The number of hydrogen-bond acceptors (Lipinski definition) is 2. The monoisotopic (exact) mass is 282 g/mol. The zero-order chi connectivity index (χ0) is 14.5. The largest absolute Gasteiger partial charge is 0.324 e. The van der Waals surface area contributed by atoms with Crippen molar-refractivity contribution in [2.24, 2.45) is 0 Å². The Labute approximate surface area is 126 Å². The van der Waals surface area contributed by atoms with Gasteiger partial charge in [0.1, 0.15) is 0 Å². The summed E-state index contributed by atoms with van der Waals surface area (Å²) in [6.45, 7) is 3.75. The van der Waals surface area contributed by atoms with Crippen molar-refractivity contribution in [1.29, 1.82) is 0 Å². The molecule has 0 bridgehead atoms. The number of rotatable bonds is 3. The van der Waals surface area contributed by atoms with Crippen molar-refractivity contribution in [2.45, 2.75) is 31.7 Å². The summed E-state index contributed by atoms with van der Waals surface area (Å²) in [5.74, 6) is 6.66. The van der Waals surface area contributed by atoms with Crippen molar-refractivity contribution in [3.63, 3.8) is 0 Å². The number of likely N-dealkylation sites (tertiary alicyclic amines) is 2. The van der Waals surface area contributed by atoms with Crippen molar-refractivity contribution in [1.82, 2.24) is 9.80 Å². The molecule has 3 heteroatoms. The van der Waals surface area contributed by atoms with Gasteiger partial charge in [-0.05, 0) is 37.9 Å². The molecular formula is C18H22N2O. The summed E-state index contributed by atoms with van der Waals surface area (Å²) in [4.78, 5) is 16.4. The first-order chi connectivity index (χ1) is 10.3. The molecule has 110 valence electrons. The molecule has 1 amide bonds. The van der Waals surface area contributed by atoms with Crippen LogP contribution in [-0.2, 0) is 4.79 Å². The second-order valence-electron chi connectivity index (χ2n) is 5.82. The van der Waals surface area contributed by atoms with Gasteiger partial charge in [-0.2, -0.15) is 0 Å². The fourth-order valence-electron chi connectivity index (χ4n) is 3.20. The molecule has 2 saturated heterocycles. The minimum Gasteiger partial charge on any atom is -0.324 e. The molecule has 1 unspecified atom stereocenters. The first-order valence-electron chi connectivity index (χ1n) is 7.87. The smallest absolute Gasteiger partial charge is 0.223 e. The third kappa shape index (κ3) is 3.46. The summed E-state index contributed by atoms with van der Waals surface area (Å²) in [5, 5.41) is 0. The Hall–Kier alpha value is -1.79. The summed E-state index contributed by atoms with van der Waals surface area (Å²) in [6, 6.07) is 10.5. The molecule has 2 heterocycles. The highest BCUT2D eigenvalue weighted by molar-refractivity contribution is 5.79. The summed E-state index contributed by atoms with van der Waals surface area (Å²) < 4.78 is 0. The molecule has 0 spiro atoms. The lowest BCUT2D eigenvalue weighted by atomic mass is 10.0. The van der Waals surface area contributed by atoms with Crippen molar-refractivity contribution in [3.05, 3.63) is 35.9 Å². The summed E-state index contributed by atoms with van der Waals surface area (Å²) in [6.07, 6.45) is 4.15. The number of nitrogens with zero attached hydrogens (tertiary/aromatic N) is 2. The van der Waals surface area contributed by atoms with E-state index in [0.29, 0.717) is 13.0 Å². The van der Waals surface area contributed by atoms with E-state index < -0.39 is 0 Å². The lowest BCUT2D eigenvalue weighted by Crippen LogP contribution is -2.28. The lowest BCUT2D eigenvalue weighted by molar-refractivity contribution is -0.128. The third-order valence-corrected chi connectivity index (χ3v) is 4.39. The van der Waals surface area contributed by atoms with Crippen LogP contribution in [0, 0.1) is 11.8 Å². The van der Waals surface area contributed by atoms with Gasteiger partial charge >= 0.3 is 0 Å². The molecule has 0 saturated carbocycles. The highest BCUT2D eigenvalue weighted by Gasteiger charge is 2.31. The van der Waals surface area contributed by atoms with Crippen LogP contribution >= 0.6 is 0 Å². The van der Waals surface area contributed by atoms with Crippen LogP contribution in [0.25, 0.3) is 0 Å². The Morgan fingerprint density at radius 3 is 2.52 bits per heavy atom. The maximum Gasteiger partial charge on any atom is 0.223 e. The summed E-state index contributed by atoms with van der Waals surface area (Å²) in [5.41, 5.74) is 1.23. The van der Waals surface area contributed by atoms with E-state index in [4.69, 9.17) is 0 Å². The molecule has 2 aliphatic rings. The first-order valence-corrected chi connectivity index (χ1v) is 7.87. The standard InChI is InChI=1S/C18H22N2O/c21-18-11-10-17(16-8-2-1-3-9-16)20(18)15-7-6-14-19-12-4-5-13-19/h1-3,8-9,17H,4-5,10-15H2. The second-order valence-corrected chi connectivity index (χ2v) is 5.82. The Bertz CT molecular complexity index is 537. The van der Waals surface area contributed by atoms with Crippen molar-refractivity contribution < 1.29 is 4.79 Å². The van der Waals surface area contributed by atoms with Gasteiger partial charge in [0, 0.05) is 6.42 Å². The molecule has 2 aliphatic heterocycles. The molecule has 1 aromatic rings. The second kappa shape index (κ2) is 6.78. The number of benzene rings is 1. The summed E-state index contributed by atoms with van der Waals surface area (Å²) >= 11 is 0. The van der Waals surface area contributed by atoms with Crippen LogP contribution in [0.4, 0.5) is 0 Å². The van der Waals surface area contributed by atoms with Crippen LogP contribution in [0.1, 0.15) is 37.3 Å². The lowest BCUT2D eigenvalue weighted by Gasteiger charge is -2.23. The van der Waals surface area contributed by atoms with E-state index in [0.717, 1.165) is 13.0 Å².